The number of carbonyl (C=O) groups is 1. The third-order valence-electron chi connectivity index (χ3n) is 2.09. The maximum absolute atomic E-state index is 11.5. The molecule has 1 rings (SSSR count). The van der Waals surface area contributed by atoms with E-state index in [9.17, 15) is 14.9 Å². The van der Waals surface area contributed by atoms with Gasteiger partial charge in [0.05, 0.1) is 11.5 Å². The molecule has 6 heteroatoms. The molecule has 0 bridgehead atoms. The Morgan fingerprint density at radius 1 is 1.41 bits per heavy atom. The van der Waals surface area contributed by atoms with Crippen LogP contribution in [0.3, 0.4) is 0 Å². The maximum atomic E-state index is 11.5. The second-order valence-corrected chi connectivity index (χ2v) is 3.50. The monoisotopic (exact) mass is 237 g/mol. The summed E-state index contributed by atoms with van der Waals surface area (Å²) in [5.74, 6) is -0.284. The largest absolute Gasteiger partial charge is 0.319 e. The molecule has 0 unspecified atom stereocenters. The van der Waals surface area contributed by atoms with Crippen molar-refractivity contribution in [2.75, 3.05) is 18.4 Å². The van der Waals surface area contributed by atoms with Gasteiger partial charge < -0.3 is 10.6 Å². The third kappa shape index (κ3) is 4.20. The summed E-state index contributed by atoms with van der Waals surface area (Å²) in [5.41, 5.74) is 0.122. The zero-order valence-corrected chi connectivity index (χ0v) is 9.60. The third-order valence-corrected chi connectivity index (χ3v) is 2.09. The first kappa shape index (κ1) is 13.1. The van der Waals surface area contributed by atoms with Gasteiger partial charge in [-0.2, -0.15) is 0 Å². The smallest absolute Gasteiger partial charge is 0.292 e. The average molecular weight is 237 g/mol. The highest BCUT2D eigenvalue weighted by Gasteiger charge is 2.13. The van der Waals surface area contributed by atoms with Crippen LogP contribution in [0.4, 0.5) is 11.4 Å². The Morgan fingerprint density at radius 2 is 2.12 bits per heavy atom. The molecule has 2 N–H and O–H groups in total. The van der Waals surface area contributed by atoms with Crippen molar-refractivity contribution < 1.29 is 9.72 Å². The lowest BCUT2D eigenvalue weighted by Crippen LogP contribution is -2.28. The number of anilines is 1. The number of nitro benzene ring substituents is 1. The normalized spacial score (nSPS) is 9.94. The molecule has 1 aromatic carbocycles. The van der Waals surface area contributed by atoms with Crippen LogP contribution in [-0.2, 0) is 4.79 Å². The minimum atomic E-state index is -0.519. The first-order valence-corrected chi connectivity index (χ1v) is 5.39. The number of carbonyl (C=O) groups excluding carboxylic acids is 1. The van der Waals surface area contributed by atoms with Crippen molar-refractivity contribution in [1.82, 2.24) is 5.32 Å². The summed E-state index contributed by atoms with van der Waals surface area (Å²) in [6.45, 7) is 2.89. The Hall–Kier alpha value is -1.95. The van der Waals surface area contributed by atoms with E-state index in [1.54, 1.807) is 12.1 Å². The van der Waals surface area contributed by atoms with Crippen molar-refractivity contribution in [2.24, 2.45) is 0 Å². The van der Waals surface area contributed by atoms with Gasteiger partial charge in [-0.1, -0.05) is 19.1 Å². The summed E-state index contributed by atoms with van der Waals surface area (Å²) in [6.07, 6.45) is 0.929. The van der Waals surface area contributed by atoms with E-state index in [1.165, 1.54) is 12.1 Å². The van der Waals surface area contributed by atoms with Crippen LogP contribution >= 0.6 is 0 Å². The average Bonchev–Trinajstić information content (AvgIpc) is 2.29. The number of para-hydroxylation sites is 2. The molecule has 0 spiro atoms. The first-order chi connectivity index (χ1) is 8.15. The molecule has 17 heavy (non-hydrogen) atoms. The van der Waals surface area contributed by atoms with Gasteiger partial charge >= 0.3 is 0 Å². The van der Waals surface area contributed by atoms with Crippen molar-refractivity contribution in [1.29, 1.82) is 0 Å². The van der Waals surface area contributed by atoms with Crippen LogP contribution < -0.4 is 10.6 Å². The topological polar surface area (TPSA) is 84.3 Å². The van der Waals surface area contributed by atoms with Crippen molar-refractivity contribution >= 4 is 17.3 Å². The number of hydrogen-bond donors (Lipinski definition) is 2. The number of amides is 1. The van der Waals surface area contributed by atoms with Gasteiger partial charge in [0.25, 0.3) is 5.69 Å². The molecule has 0 atom stereocenters. The number of benzene rings is 1. The lowest BCUT2D eigenvalue weighted by molar-refractivity contribution is -0.383. The van der Waals surface area contributed by atoms with Crippen LogP contribution in [0.15, 0.2) is 24.3 Å². The molecule has 0 saturated heterocycles. The molecule has 0 aliphatic heterocycles. The predicted molar refractivity (Wildman–Crippen MR) is 64.9 cm³/mol. The number of nitro groups is 1. The fourth-order valence-electron chi connectivity index (χ4n) is 1.31. The summed E-state index contributed by atoms with van der Waals surface area (Å²) in [4.78, 5) is 21.6. The van der Waals surface area contributed by atoms with Crippen LogP contribution in [0, 0.1) is 10.1 Å². The second kappa shape index (κ2) is 6.59. The number of hydrogen-bond acceptors (Lipinski definition) is 4. The van der Waals surface area contributed by atoms with E-state index in [4.69, 9.17) is 0 Å². The molecule has 0 radical (unpaired) electrons. The Morgan fingerprint density at radius 3 is 2.76 bits per heavy atom. The molecular formula is C11H15N3O3. The Labute approximate surface area is 99.2 Å². The van der Waals surface area contributed by atoms with Crippen molar-refractivity contribution in [3.05, 3.63) is 34.4 Å². The summed E-state index contributed by atoms with van der Waals surface area (Å²) in [7, 11) is 0. The lowest BCUT2D eigenvalue weighted by atomic mass is 10.2. The van der Waals surface area contributed by atoms with Crippen LogP contribution in [-0.4, -0.2) is 23.9 Å². The van der Waals surface area contributed by atoms with E-state index < -0.39 is 4.92 Å². The molecule has 1 aromatic rings. The van der Waals surface area contributed by atoms with Gasteiger partial charge in [-0.25, -0.2) is 0 Å². The summed E-state index contributed by atoms with van der Waals surface area (Å²) < 4.78 is 0. The van der Waals surface area contributed by atoms with E-state index in [-0.39, 0.29) is 23.8 Å². The van der Waals surface area contributed by atoms with Gasteiger partial charge in [0, 0.05) is 6.07 Å². The van der Waals surface area contributed by atoms with Crippen LogP contribution in [0.2, 0.25) is 0 Å². The maximum Gasteiger partial charge on any atom is 0.292 e. The highest BCUT2D eigenvalue weighted by molar-refractivity contribution is 5.94. The Kier molecular flexibility index (Phi) is 5.09. The van der Waals surface area contributed by atoms with E-state index in [0.29, 0.717) is 0 Å². The van der Waals surface area contributed by atoms with Crippen molar-refractivity contribution in [3.8, 4) is 0 Å². The van der Waals surface area contributed by atoms with Gasteiger partial charge in [-0.3, -0.25) is 14.9 Å². The van der Waals surface area contributed by atoms with Gasteiger partial charge in [-0.05, 0) is 19.0 Å². The number of nitrogens with zero attached hydrogens (tertiary/aromatic N) is 1. The Balaban J connectivity index is 2.61. The molecule has 0 aromatic heterocycles. The minimum absolute atomic E-state index is 0.101. The highest BCUT2D eigenvalue weighted by atomic mass is 16.6. The molecule has 0 aliphatic carbocycles. The number of rotatable bonds is 6. The zero-order chi connectivity index (χ0) is 12.7. The molecule has 1 amide bonds. The van der Waals surface area contributed by atoms with Gasteiger partial charge in [0.15, 0.2) is 0 Å². The van der Waals surface area contributed by atoms with Crippen molar-refractivity contribution in [3.63, 3.8) is 0 Å². The highest BCUT2D eigenvalue weighted by Crippen LogP contribution is 2.22. The standard InChI is InChI=1S/C11H15N3O3/c1-2-7-12-8-11(15)13-9-5-3-4-6-10(9)14(16)17/h3-6,12H,2,7-8H2,1H3,(H,13,15). The molecule has 0 aliphatic rings. The van der Waals surface area contributed by atoms with Gasteiger partial charge in [0.2, 0.25) is 5.91 Å². The fourth-order valence-corrected chi connectivity index (χ4v) is 1.31. The minimum Gasteiger partial charge on any atom is -0.319 e. The van der Waals surface area contributed by atoms with Gasteiger partial charge in [0.1, 0.15) is 5.69 Å². The van der Waals surface area contributed by atoms with E-state index in [1.807, 2.05) is 6.92 Å². The molecule has 0 heterocycles. The lowest BCUT2D eigenvalue weighted by Gasteiger charge is -2.06. The van der Waals surface area contributed by atoms with Crippen LogP contribution in [0.1, 0.15) is 13.3 Å². The quantitative estimate of drug-likeness (QED) is 0.446. The van der Waals surface area contributed by atoms with Gasteiger partial charge in [-0.15, -0.1) is 0 Å². The molecule has 0 fully saturated rings. The van der Waals surface area contributed by atoms with Crippen LogP contribution in [0.25, 0.3) is 0 Å². The second-order valence-electron chi connectivity index (χ2n) is 3.50. The molecule has 6 nitrogen and oxygen atoms in total. The van der Waals surface area contributed by atoms with E-state index in [0.717, 1.165) is 13.0 Å². The predicted octanol–water partition coefficient (Wildman–Crippen LogP) is 1.53. The van der Waals surface area contributed by atoms with E-state index >= 15 is 0 Å². The van der Waals surface area contributed by atoms with E-state index in [2.05, 4.69) is 10.6 Å². The summed E-state index contributed by atoms with van der Waals surface area (Å²) in [6, 6.07) is 6.07. The Bertz CT molecular complexity index is 407. The zero-order valence-electron chi connectivity index (χ0n) is 9.60. The first-order valence-electron chi connectivity index (χ1n) is 5.39. The molecular weight excluding hydrogens is 222 g/mol. The SMILES string of the molecule is CCCNCC(=O)Nc1ccccc1[N+](=O)[O-]. The fraction of sp³-hybridized carbons (Fsp3) is 0.364. The molecule has 0 saturated carbocycles. The summed E-state index contributed by atoms with van der Waals surface area (Å²) >= 11 is 0. The summed E-state index contributed by atoms with van der Waals surface area (Å²) in [5, 5.41) is 16.1. The molecule has 92 valence electrons. The number of nitrogens with one attached hydrogen (secondary N) is 2. The van der Waals surface area contributed by atoms with Crippen molar-refractivity contribution in [2.45, 2.75) is 13.3 Å². The van der Waals surface area contributed by atoms with Crippen LogP contribution in [0.5, 0.6) is 0 Å².